The zero-order chi connectivity index (χ0) is 25.1. The van der Waals surface area contributed by atoms with Gasteiger partial charge in [-0.1, -0.05) is 19.1 Å². The van der Waals surface area contributed by atoms with Crippen LogP contribution in [-0.4, -0.2) is 59.5 Å². The topological polar surface area (TPSA) is 110 Å². The first-order valence-electron chi connectivity index (χ1n) is 11.2. The molecule has 1 atom stereocenters. The molecule has 0 aliphatic carbocycles. The molecule has 1 N–H and O–H groups in total. The number of hydrogen-bond donors (Lipinski definition) is 1. The summed E-state index contributed by atoms with van der Waals surface area (Å²) >= 11 is 0. The minimum Gasteiger partial charge on any atom is -0.462 e. The lowest BCUT2D eigenvalue weighted by Gasteiger charge is -2.36. The number of rotatable bonds is 8. The van der Waals surface area contributed by atoms with Crippen molar-refractivity contribution >= 4 is 32.7 Å². The second-order valence-electron chi connectivity index (χ2n) is 8.26. The van der Waals surface area contributed by atoms with Crippen LogP contribution in [0.15, 0.2) is 42.9 Å². The highest BCUT2D eigenvalue weighted by Gasteiger charge is 2.48. The SMILES string of the molecule is CCCS(=O)(=O)Nc1nc2ccccc2nc1OC(C1CCN(c2cnccn2)CC1)C(F)(F)F. The number of piperidine rings is 1. The van der Waals surface area contributed by atoms with Crippen LogP contribution in [0, 0.1) is 5.92 Å². The Hall–Kier alpha value is -3.22. The van der Waals surface area contributed by atoms with E-state index in [1.807, 2.05) is 4.90 Å². The summed E-state index contributed by atoms with van der Waals surface area (Å²) in [4.78, 5) is 18.5. The Kier molecular flexibility index (Phi) is 7.24. The second kappa shape index (κ2) is 10.2. The number of hydrogen-bond acceptors (Lipinski definition) is 8. The number of fused-ring (bicyclic) bond motifs is 1. The molecule has 3 heterocycles. The normalized spacial score (nSPS) is 16.3. The molecule has 9 nitrogen and oxygen atoms in total. The number of nitrogens with zero attached hydrogens (tertiary/aromatic N) is 5. The molecule has 0 saturated carbocycles. The van der Waals surface area contributed by atoms with Gasteiger partial charge in [0, 0.05) is 31.4 Å². The van der Waals surface area contributed by atoms with Gasteiger partial charge in [-0.15, -0.1) is 0 Å². The van der Waals surface area contributed by atoms with Crippen molar-refractivity contribution in [2.45, 2.75) is 38.5 Å². The molecule has 1 aliphatic rings. The van der Waals surface area contributed by atoms with Crippen molar-refractivity contribution in [3.8, 4) is 5.88 Å². The first kappa shape index (κ1) is 24.9. The quantitative estimate of drug-likeness (QED) is 0.487. The fraction of sp³-hybridized carbons (Fsp3) is 0.455. The maximum Gasteiger partial charge on any atom is 0.425 e. The van der Waals surface area contributed by atoms with Gasteiger partial charge in [-0.3, -0.25) is 9.71 Å². The highest BCUT2D eigenvalue weighted by molar-refractivity contribution is 7.92. The molecule has 3 aromatic rings. The molecular weight excluding hydrogens is 485 g/mol. The summed E-state index contributed by atoms with van der Waals surface area (Å²) in [5.74, 6) is -1.34. The van der Waals surface area contributed by atoms with Gasteiger partial charge in [-0.2, -0.15) is 13.2 Å². The van der Waals surface area contributed by atoms with E-state index < -0.39 is 34.1 Å². The Morgan fingerprint density at radius 1 is 1.14 bits per heavy atom. The van der Waals surface area contributed by atoms with Crippen LogP contribution >= 0.6 is 0 Å². The zero-order valence-electron chi connectivity index (χ0n) is 18.9. The molecule has 188 valence electrons. The Morgan fingerprint density at radius 2 is 1.83 bits per heavy atom. The summed E-state index contributed by atoms with van der Waals surface area (Å²) in [5, 5.41) is 0. The van der Waals surface area contributed by atoms with Crippen molar-refractivity contribution < 1.29 is 26.3 Å². The molecule has 1 aliphatic heterocycles. The minimum atomic E-state index is -4.70. The van der Waals surface area contributed by atoms with Gasteiger partial charge in [0.25, 0.3) is 5.88 Å². The van der Waals surface area contributed by atoms with Crippen molar-refractivity contribution in [1.29, 1.82) is 0 Å². The molecule has 1 fully saturated rings. The Bertz CT molecular complexity index is 1250. The second-order valence-corrected chi connectivity index (χ2v) is 10.1. The van der Waals surface area contributed by atoms with E-state index in [4.69, 9.17) is 4.74 Å². The number of para-hydroxylation sites is 2. The van der Waals surface area contributed by atoms with Crippen LogP contribution in [0.3, 0.4) is 0 Å². The smallest absolute Gasteiger partial charge is 0.425 e. The first-order valence-corrected chi connectivity index (χ1v) is 12.8. The highest BCUT2D eigenvalue weighted by atomic mass is 32.2. The molecule has 0 radical (unpaired) electrons. The minimum absolute atomic E-state index is 0.193. The number of alkyl halides is 3. The third-order valence-corrected chi connectivity index (χ3v) is 7.12. The largest absolute Gasteiger partial charge is 0.462 e. The zero-order valence-corrected chi connectivity index (χ0v) is 19.8. The Morgan fingerprint density at radius 3 is 2.43 bits per heavy atom. The van der Waals surface area contributed by atoms with Gasteiger partial charge in [0.2, 0.25) is 15.8 Å². The lowest BCUT2D eigenvalue weighted by Crippen LogP contribution is -2.46. The molecule has 35 heavy (non-hydrogen) atoms. The van der Waals surface area contributed by atoms with Crippen LogP contribution in [0.5, 0.6) is 5.88 Å². The third kappa shape index (κ3) is 6.08. The third-order valence-electron chi connectivity index (χ3n) is 5.67. The van der Waals surface area contributed by atoms with Crippen molar-refractivity contribution in [2.75, 3.05) is 28.5 Å². The van der Waals surface area contributed by atoms with Gasteiger partial charge >= 0.3 is 6.18 Å². The van der Waals surface area contributed by atoms with Gasteiger partial charge in [-0.05, 0) is 31.4 Å². The first-order chi connectivity index (χ1) is 16.7. The van der Waals surface area contributed by atoms with E-state index in [-0.39, 0.29) is 24.4 Å². The predicted octanol–water partition coefficient (Wildman–Crippen LogP) is 3.80. The monoisotopic (exact) mass is 510 g/mol. The Labute approximate surface area is 200 Å². The van der Waals surface area contributed by atoms with Gasteiger partial charge in [0.05, 0.1) is 23.0 Å². The van der Waals surface area contributed by atoms with Gasteiger partial charge < -0.3 is 9.64 Å². The number of halogens is 3. The molecule has 0 bridgehead atoms. The van der Waals surface area contributed by atoms with Crippen LogP contribution in [0.4, 0.5) is 24.8 Å². The number of sulfonamides is 1. The molecular formula is C22H25F3N6O3S. The van der Waals surface area contributed by atoms with Crippen LogP contribution in [0.1, 0.15) is 26.2 Å². The van der Waals surface area contributed by atoms with Crippen molar-refractivity contribution in [3.05, 3.63) is 42.9 Å². The van der Waals surface area contributed by atoms with Gasteiger partial charge in [-0.25, -0.2) is 23.4 Å². The summed E-state index contributed by atoms with van der Waals surface area (Å²) in [6.45, 7) is 2.37. The molecule has 0 spiro atoms. The molecule has 1 saturated heterocycles. The number of aromatic nitrogens is 4. The average Bonchev–Trinajstić information content (AvgIpc) is 2.82. The Balaban J connectivity index is 1.61. The summed E-state index contributed by atoms with van der Waals surface area (Å²) < 4.78 is 74.9. The molecule has 1 aromatic carbocycles. The maximum atomic E-state index is 14.2. The molecule has 13 heteroatoms. The number of anilines is 2. The summed E-state index contributed by atoms with van der Waals surface area (Å²) in [6, 6.07) is 6.49. The van der Waals surface area contributed by atoms with Crippen molar-refractivity contribution in [3.63, 3.8) is 0 Å². The van der Waals surface area contributed by atoms with Crippen molar-refractivity contribution in [1.82, 2.24) is 19.9 Å². The molecule has 0 amide bonds. The highest BCUT2D eigenvalue weighted by Crippen LogP contribution is 2.37. The maximum absolute atomic E-state index is 14.2. The predicted molar refractivity (Wildman–Crippen MR) is 125 cm³/mol. The van der Waals surface area contributed by atoms with Crippen molar-refractivity contribution in [2.24, 2.45) is 5.92 Å². The summed E-state index contributed by atoms with van der Waals surface area (Å²) in [6.07, 6.45) is -1.55. The molecule has 1 unspecified atom stereocenters. The fourth-order valence-corrected chi connectivity index (χ4v) is 5.10. The van der Waals surface area contributed by atoms with Crippen LogP contribution in [0.25, 0.3) is 11.0 Å². The molecule has 4 rings (SSSR count). The van der Waals surface area contributed by atoms with E-state index in [0.29, 0.717) is 36.4 Å². The van der Waals surface area contributed by atoms with Crippen LogP contribution in [-0.2, 0) is 10.0 Å². The van der Waals surface area contributed by atoms with E-state index in [1.165, 1.54) is 12.4 Å². The fourth-order valence-electron chi connectivity index (χ4n) is 4.04. The van der Waals surface area contributed by atoms with Crippen LogP contribution < -0.4 is 14.4 Å². The van der Waals surface area contributed by atoms with Crippen LogP contribution in [0.2, 0.25) is 0 Å². The van der Waals surface area contributed by atoms with Gasteiger partial charge in [0.1, 0.15) is 5.82 Å². The van der Waals surface area contributed by atoms with E-state index in [0.717, 1.165) is 0 Å². The van der Waals surface area contributed by atoms with E-state index in [9.17, 15) is 21.6 Å². The molecule has 2 aromatic heterocycles. The van der Waals surface area contributed by atoms with E-state index in [2.05, 4.69) is 24.7 Å². The summed E-state index contributed by atoms with van der Waals surface area (Å²) in [5.41, 5.74) is 0.620. The lowest BCUT2D eigenvalue weighted by molar-refractivity contribution is -0.212. The standard InChI is InChI=1S/C22H25F3N6O3S/c1-2-13-35(32,33)30-20-21(29-17-6-4-3-5-16(17)28-20)34-19(22(23,24)25)15-7-11-31(12-8-15)18-14-26-9-10-27-18/h3-6,9-10,14-15,19H,2,7-8,11-13H2,1H3,(H,28,30). The number of ether oxygens (including phenoxy) is 1. The summed E-state index contributed by atoms with van der Waals surface area (Å²) in [7, 11) is -3.84. The van der Waals surface area contributed by atoms with Gasteiger partial charge in [0.15, 0.2) is 6.10 Å². The van der Waals surface area contributed by atoms with E-state index in [1.54, 1.807) is 37.4 Å². The average molecular weight is 511 g/mol. The number of nitrogens with one attached hydrogen (secondary N) is 1. The van der Waals surface area contributed by atoms with E-state index >= 15 is 0 Å². The lowest BCUT2D eigenvalue weighted by atomic mass is 9.90. The number of benzene rings is 1.